The molecule has 0 aromatic carbocycles. The minimum absolute atomic E-state index is 0.0729. The Bertz CT molecular complexity index is 584. The molecule has 0 aliphatic heterocycles. The number of rotatable bonds is 4. The van der Waals surface area contributed by atoms with Gasteiger partial charge in [-0.1, -0.05) is 0 Å². The molecular formula is C12H12F6N2O2. The number of halogens is 6. The highest BCUT2D eigenvalue weighted by Crippen LogP contribution is 2.52. The maximum atomic E-state index is 13.9. The fourth-order valence-corrected chi connectivity index (χ4v) is 2.37. The Morgan fingerprint density at radius 2 is 1.86 bits per heavy atom. The number of fused-ring (bicyclic) bond motifs is 1. The lowest BCUT2D eigenvalue weighted by Gasteiger charge is -2.29. The largest absolute Gasteiger partial charge is 0.465 e. The van der Waals surface area contributed by atoms with Gasteiger partial charge in [-0.3, -0.25) is 9.48 Å². The molecule has 0 amide bonds. The Labute approximate surface area is 121 Å². The van der Waals surface area contributed by atoms with Gasteiger partial charge in [-0.2, -0.15) is 13.9 Å². The number of carbonyl (C=O) groups is 1. The lowest BCUT2D eigenvalue weighted by Crippen LogP contribution is -2.33. The van der Waals surface area contributed by atoms with E-state index >= 15 is 0 Å². The molecule has 1 aromatic heterocycles. The molecule has 10 heteroatoms. The van der Waals surface area contributed by atoms with E-state index in [-0.39, 0.29) is 11.3 Å². The van der Waals surface area contributed by atoms with Crippen LogP contribution in [-0.4, -0.2) is 22.4 Å². The first kappa shape index (κ1) is 16.6. The number of nitrogens with zero attached hydrogens (tertiary/aromatic N) is 2. The second-order valence-corrected chi connectivity index (χ2v) is 4.78. The third-order valence-electron chi connectivity index (χ3n) is 3.24. The van der Waals surface area contributed by atoms with Gasteiger partial charge in [0, 0.05) is 12.8 Å². The van der Waals surface area contributed by atoms with Gasteiger partial charge in [0.25, 0.3) is 18.3 Å². The second kappa shape index (κ2) is 5.47. The number of hydrogen-bond donors (Lipinski definition) is 0. The third-order valence-corrected chi connectivity index (χ3v) is 3.24. The predicted molar refractivity (Wildman–Crippen MR) is 60.8 cm³/mol. The molecule has 0 bridgehead atoms. The number of carbonyl (C=O) groups excluding carboxylic acids is 1. The Kier molecular flexibility index (Phi) is 4.14. The van der Waals surface area contributed by atoms with Crippen molar-refractivity contribution in [2.24, 2.45) is 0 Å². The fraction of sp³-hybridized carbons (Fsp3) is 0.667. The molecule has 1 aliphatic carbocycles. The highest BCUT2D eigenvalue weighted by molar-refractivity contribution is 5.69. The predicted octanol–water partition coefficient (Wildman–Crippen LogP) is 3.36. The van der Waals surface area contributed by atoms with Gasteiger partial charge in [-0.15, -0.1) is 0 Å². The summed E-state index contributed by atoms with van der Waals surface area (Å²) >= 11 is 0. The van der Waals surface area contributed by atoms with E-state index in [0.717, 1.165) is 0 Å². The van der Waals surface area contributed by atoms with Crippen LogP contribution in [0.5, 0.6) is 0 Å². The SMILES string of the molecule is CCOC(=O)Cn1nc(C(F)F)c2c1C(F)(F)CCC2(F)F. The standard InChI is InChI=1S/C12H12F6N2O2/c1-2-22-6(21)5-20-9-7(8(19-20)10(13)14)11(15,16)3-4-12(9,17)18/h10H,2-5H2,1H3. The molecular weight excluding hydrogens is 318 g/mol. The van der Waals surface area contributed by atoms with Crippen molar-refractivity contribution < 1.29 is 35.9 Å². The minimum Gasteiger partial charge on any atom is -0.465 e. The van der Waals surface area contributed by atoms with E-state index in [9.17, 15) is 31.1 Å². The molecule has 0 unspecified atom stereocenters. The van der Waals surface area contributed by atoms with Gasteiger partial charge < -0.3 is 4.74 Å². The maximum Gasteiger partial charge on any atom is 0.327 e. The van der Waals surface area contributed by atoms with Crippen LogP contribution in [0.25, 0.3) is 0 Å². The van der Waals surface area contributed by atoms with Gasteiger partial charge >= 0.3 is 5.97 Å². The van der Waals surface area contributed by atoms with Gasteiger partial charge in [-0.25, -0.2) is 17.6 Å². The van der Waals surface area contributed by atoms with Crippen LogP contribution in [0.1, 0.15) is 43.1 Å². The average Bonchev–Trinajstić information content (AvgIpc) is 2.77. The number of alkyl halides is 6. The number of aromatic nitrogens is 2. The van der Waals surface area contributed by atoms with Crippen LogP contribution in [0.2, 0.25) is 0 Å². The van der Waals surface area contributed by atoms with Crippen molar-refractivity contribution >= 4 is 5.97 Å². The van der Waals surface area contributed by atoms with E-state index in [4.69, 9.17) is 0 Å². The van der Waals surface area contributed by atoms with Gasteiger partial charge in [0.05, 0.1) is 12.2 Å². The first-order valence-electron chi connectivity index (χ1n) is 6.41. The normalized spacial score (nSPS) is 19.1. The lowest BCUT2D eigenvalue weighted by atomic mass is 9.89. The Balaban J connectivity index is 2.59. The smallest absolute Gasteiger partial charge is 0.327 e. The molecule has 124 valence electrons. The zero-order valence-corrected chi connectivity index (χ0v) is 11.4. The summed E-state index contributed by atoms with van der Waals surface area (Å²) in [4.78, 5) is 11.3. The van der Waals surface area contributed by atoms with E-state index < -0.39 is 60.6 Å². The third kappa shape index (κ3) is 2.78. The van der Waals surface area contributed by atoms with Crippen molar-refractivity contribution in [2.75, 3.05) is 6.61 Å². The van der Waals surface area contributed by atoms with E-state index in [2.05, 4.69) is 9.84 Å². The molecule has 2 rings (SSSR count). The molecule has 0 N–H and O–H groups in total. The quantitative estimate of drug-likeness (QED) is 0.628. The summed E-state index contributed by atoms with van der Waals surface area (Å²) < 4.78 is 86.0. The summed E-state index contributed by atoms with van der Waals surface area (Å²) in [6.45, 7) is 0.439. The Morgan fingerprint density at radius 3 is 2.41 bits per heavy atom. The van der Waals surface area contributed by atoms with Crippen LogP contribution in [0.4, 0.5) is 26.3 Å². The van der Waals surface area contributed by atoms with Gasteiger partial charge in [0.2, 0.25) is 0 Å². The summed E-state index contributed by atoms with van der Waals surface area (Å²) in [5, 5.41) is 3.11. The van der Waals surface area contributed by atoms with Crippen LogP contribution < -0.4 is 0 Å². The molecule has 22 heavy (non-hydrogen) atoms. The lowest BCUT2D eigenvalue weighted by molar-refractivity contribution is -0.144. The summed E-state index contributed by atoms with van der Waals surface area (Å²) in [7, 11) is 0. The minimum atomic E-state index is -3.85. The first-order chi connectivity index (χ1) is 10.1. The monoisotopic (exact) mass is 330 g/mol. The molecule has 1 heterocycles. The van der Waals surface area contributed by atoms with Crippen LogP contribution >= 0.6 is 0 Å². The fourth-order valence-electron chi connectivity index (χ4n) is 2.37. The van der Waals surface area contributed by atoms with Crippen LogP contribution in [-0.2, 0) is 27.9 Å². The highest BCUT2D eigenvalue weighted by atomic mass is 19.3. The van der Waals surface area contributed by atoms with E-state index in [1.807, 2.05) is 0 Å². The number of hydrogen-bond acceptors (Lipinski definition) is 3. The first-order valence-corrected chi connectivity index (χ1v) is 6.41. The van der Waals surface area contributed by atoms with Crippen molar-refractivity contribution in [1.82, 2.24) is 9.78 Å². The van der Waals surface area contributed by atoms with Gasteiger partial charge in [0.1, 0.15) is 17.9 Å². The van der Waals surface area contributed by atoms with Crippen LogP contribution in [0, 0.1) is 0 Å². The van der Waals surface area contributed by atoms with Crippen molar-refractivity contribution in [1.29, 1.82) is 0 Å². The van der Waals surface area contributed by atoms with E-state index in [1.54, 1.807) is 0 Å². The molecule has 4 nitrogen and oxygen atoms in total. The topological polar surface area (TPSA) is 44.1 Å². The zero-order chi connectivity index (χ0) is 16.7. The van der Waals surface area contributed by atoms with Crippen molar-refractivity contribution in [3.63, 3.8) is 0 Å². The van der Waals surface area contributed by atoms with Crippen LogP contribution in [0.3, 0.4) is 0 Å². The van der Waals surface area contributed by atoms with E-state index in [1.165, 1.54) is 6.92 Å². The van der Waals surface area contributed by atoms with Gasteiger partial charge in [-0.05, 0) is 6.92 Å². The van der Waals surface area contributed by atoms with Gasteiger partial charge in [0.15, 0.2) is 0 Å². The molecule has 1 aromatic rings. The van der Waals surface area contributed by atoms with Crippen molar-refractivity contribution in [3.8, 4) is 0 Å². The van der Waals surface area contributed by atoms with E-state index in [0.29, 0.717) is 0 Å². The molecule has 0 radical (unpaired) electrons. The van der Waals surface area contributed by atoms with Crippen molar-refractivity contribution in [3.05, 3.63) is 17.0 Å². The van der Waals surface area contributed by atoms with Crippen LogP contribution in [0.15, 0.2) is 0 Å². The molecule has 0 fully saturated rings. The second-order valence-electron chi connectivity index (χ2n) is 4.78. The maximum absolute atomic E-state index is 13.9. The Hall–Kier alpha value is -1.74. The summed E-state index contributed by atoms with van der Waals surface area (Å²) in [6, 6.07) is 0. The molecule has 0 saturated heterocycles. The molecule has 1 aliphatic rings. The molecule has 0 atom stereocenters. The summed E-state index contributed by atoms with van der Waals surface area (Å²) in [5.74, 6) is -8.66. The molecule has 0 spiro atoms. The average molecular weight is 330 g/mol. The number of esters is 1. The highest BCUT2D eigenvalue weighted by Gasteiger charge is 2.55. The molecule has 0 saturated carbocycles. The Morgan fingerprint density at radius 1 is 1.27 bits per heavy atom. The summed E-state index contributed by atoms with van der Waals surface area (Å²) in [6.07, 6.45) is -5.95. The summed E-state index contributed by atoms with van der Waals surface area (Å²) in [5.41, 5.74) is -4.25. The number of ether oxygens (including phenoxy) is 1. The van der Waals surface area contributed by atoms with Crippen molar-refractivity contribution in [2.45, 2.75) is 44.6 Å². The zero-order valence-electron chi connectivity index (χ0n) is 11.4.